The zero-order chi connectivity index (χ0) is 16.7. The Morgan fingerprint density at radius 1 is 1.13 bits per heavy atom. The van der Waals surface area contributed by atoms with Crippen LogP contribution < -0.4 is 10.6 Å². The second-order valence-corrected chi connectivity index (χ2v) is 5.70. The maximum Gasteiger partial charge on any atom is 0.223 e. The molecule has 23 heavy (non-hydrogen) atoms. The lowest BCUT2D eigenvalue weighted by atomic mass is 10.1. The molecule has 1 aromatic heterocycles. The number of carbonyl (C=O) groups excluding carboxylic acids is 1. The number of anilines is 1. The fourth-order valence-electron chi connectivity index (χ4n) is 2.39. The molecule has 1 unspecified atom stereocenters. The van der Waals surface area contributed by atoms with Crippen molar-refractivity contribution in [3.05, 3.63) is 53.3 Å². The molecule has 0 aliphatic carbocycles. The smallest absolute Gasteiger partial charge is 0.223 e. The normalized spacial score (nSPS) is 11.8. The Morgan fingerprint density at radius 2 is 1.78 bits per heavy atom. The van der Waals surface area contributed by atoms with E-state index in [1.54, 1.807) is 0 Å². The first kappa shape index (κ1) is 16.9. The lowest BCUT2D eigenvalue weighted by Crippen LogP contribution is -2.26. The number of hydrogen-bond acceptors (Lipinski definition) is 4. The van der Waals surface area contributed by atoms with Crippen LogP contribution in [-0.2, 0) is 4.79 Å². The van der Waals surface area contributed by atoms with E-state index < -0.39 is 0 Å². The number of benzene rings is 1. The summed E-state index contributed by atoms with van der Waals surface area (Å²) in [4.78, 5) is 20.6. The van der Waals surface area contributed by atoms with Crippen LogP contribution in [0.2, 0.25) is 0 Å². The number of rotatable bonds is 7. The van der Waals surface area contributed by atoms with E-state index in [0.29, 0.717) is 18.9 Å². The summed E-state index contributed by atoms with van der Waals surface area (Å²) >= 11 is 0. The summed E-state index contributed by atoms with van der Waals surface area (Å²) in [5.74, 6) is 0.685. The van der Waals surface area contributed by atoms with Gasteiger partial charge in [-0.3, -0.25) is 4.79 Å². The van der Waals surface area contributed by atoms with Gasteiger partial charge in [0, 0.05) is 24.4 Å². The van der Waals surface area contributed by atoms with Gasteiger partial charge in [0.2, 0.25) is 11.9 Å². The Bertz CT molecular complexity index is 622. The number of aromatic nitrogens is 2. The molecule has 0 saturated carbocycles. The van der Waals surface area contributed by atoms with Gasteiger partial charge in [-0.05, 0) is 38.8 Å². The highest BCUT2D eigenvalue weighted by atomic mass is 16.1. The van der Waals surface area contributed by atoms with Crippen LogP contribution >= 0.6 is 0 Å². The van der Waals surface area contributed by atoms with Crippen LogP contribution in [0.1, 0.15) is 42.8 Å². The molecule has 0 saturated heterocycles. The minimum atomic E-state index is 0.0272. The van der Waals surface area contributed by atoms with Crippen LogP contribution in [0.3, 0.4) is 0 Å². The van der Waals surface area contributed by atoms with Gasteiger partial charge < -0.3 is 10.6 Å². The highest BCUT2D eigenvalue weighted by molar-refractivity contribution is 5.76. The number of carbonyl (C=O) groups is 1. The number of aryl methyl sites for hydroxylation is 2. The van der Waals surface area contributed by atoms with Gasteiger partial charge in [0.25, 0.3) is 0 Å². The van der Waals surface area contributed by atoms with Crippen LogP contribution in [0.5, 0.6) is 0 Å². The lowest BCUT2D eigenvalue weighted by molar-refractivity contribution is -0.121. The molecule has 2 N–H and O–H groups in total. The summed E-state index contributed by atoms with van der Waals surface area (Å²) in [7, 11) is 0. The molecule has 0 spiro atoms. The topological polar surface area (TPSA) is 66.9 Å². The van der Waals surface area contributed by atoms with Gasteiger partial charge >= 0.3 is 0 Å². The number of hydrogen-bond donors (Lipinski definition) is 2. The van der Waals surface area contributed by atoms with Crippen molar-refractivity contribution < 1.29 is 4.79 Å². The van der Waals surface area contributed by atoms with Crippen molar-refractivity contribution in [2.24, 2.45) is 0 Å². The summed E-state index contributed by atoms with van der Waals surface area (Å²) < 4.78 is 0. The third-order valence-electron chi connectivity index (χ3n) is 3.52. The first-order valence-electron chi connectivity index (χ1n) is 7.95. The van der Waals surface area contributed by atoms with E-state index in [-0.39, 0.29) is 11.9 Å². The van der Waals surface area contributed by atoms with E-state index in [0.717, 1.165) is 23.4 Å². The molecule has 1 heterocycles. The zero-order valence-corrected chi connectivity index (χ0v) is 14.0. The average Bonchev–Trinajstić information content (AvgIpc) is 2.51. The van der Waals surface area contributed by atoms with Gasteiger partial charge in [0.1, 0.15) is 0 Å². The van der Waals surface area contributed by atoms with Gasteiger partial charge in [-0.1, -0.05) is 30.3 Å². The number of nitrogens with zero attached hydrogens (tertiary/aromatic N) is 2. The Hall–Kier alpha value is -2.43. The Labute approximate surface area is 137 Å². The molecule has 122 valence electrons. The molecular weight excluding hydrogens is 288 g/mol. The van der Waals surface area contributed by atoms with Crippen molar-refractivity contribution in [1.29, 1.82) is 0 Å². The molecule has 2 aromatic rings. The first-order chi connectivity index (χ1) is 11.0. The fourth-order valence-corrected chi connectivity index (χ4v) is 2.39. The number of nitrogens with one attached hydrogen (secondary N) is 2. The minimum Gasteiger partial charge on any atom is -0.354 e. The van der Waals surface area contributed by atoms with Crippen molar-refractivity contribution in [1.82, 2.24) is 15.3 Å². The quantitative estimate of drug-likeness (QED) is 0.771. The molecule has 1 amide bonds. The third kappa shape index (κ3) is 5.70. The average molecular weight is 312 g/mol. The van der Waals surface area contributed by atoms with Gasteiger partial charge in [0.05, 0.1) is 6.04 Å². The zero-order valence-electron chi connectivity index (χ0n) is 14.0. The van der Waals surface area contributed by atoms with Gasteiger partial charge in [-0.2, -0.15) is 0 Å². The molecule has 5 heteroatoms. The fraction of sp³-hybridized carbons (Fsp3) is 0.389. The highest BCUT2D eigenvalue weighted by Gasteiger charge is 2.08. The van der Waals surface area contributed by atoms with E-state index in [1.165, 1.54) is 0 Å². The second-order valence-electron chi connectivity index (χ2n) is 5.70. The molecular formula is C18H24N4O. The number of amides is 1. The summed E-state index contributed by atoms with van der Waals surface area (Å²) in [5.41, 5.74) is 2.99. The van der Waals surface area contributed by atoms with Gasteiger partial charge in [-0.25, -0.2) is 9.97 Å². The Balaban J connectivity index is 1.70. The molecule has 0 radical (unpaired) electrons. The molecule has 0 fully saturated rings. The maximum absolute atomic E-state index is 12.0. The SMILES string of the molecule is Cc1cc(C)nc(NCCCC(=O)NC(C)c2ccccc2)n1. The van der Waals surface area contributed by atoms with Gasteiger partial charge in [-0.15, -0.1) is 0 Å². The lowest BCUT2D eigenvalue weighted by Gasteiger charge is -2.14. The van der Waals surface area contributed by atoms with Crippen molar-refractivity contribution in [3.8, 4) is 0 Å². The molecule has 5 nitrogen and oxygen atoms in total. The van der Waals surface area contributed by atoms with Crippen LogP contribution in [0, 0.1) is 13.8 Å². The minimum absolute atomic E-state index is 0.0272. The van der Waals surface area contributed by atoms with E-state index in [2.05, 4.69) is 20.6 Å². The van der Waals surface area contributed by atoms with Gasteiger partial charge in [0.15, 0.2) is 0 Å². The summed E-state index contributed by atoms with van der Waals surface area (Å²) in [6.45, 7) is 6.56. The van der Waals surface area contributed by atoms with Crippen molar-refractivity contribution in [3.63, 3.8) is 0 Å². The monoisotopic (exact) mass is 312 g/mol. The first-order valence-corrected chi connectivity index (χ1v) is 7.95. The van der Waals surface area contributed by atoms with Crippen molar-refractivity contribution >= 4 is 11.9 Å². The van der Waals surface area contributed by atoms with E-state index in [9.17, 15) is 4.79 Å². The second kappa shape index (κ2) is 8.27. The van der Waals surface area contributed by atoms with Crippen LogP contribution in [0.4, 0.5) is 5.95 Å². The molecule has 2 rings (SSSR count). The Kier molecular flexibility index (Phi) is 6.09. The van der Waals surface area contributed by atoms with E-state index >= 15 is 0 Å². The van der Waals surface area contributed by atoms with Crippen molar-refractivity contribution in [2.75, 3.05) is 11.9 Å². The molecule has 1 atom stereocenters. The van der Waals surface area contributed by atoms with Crippen molar-refractivity contribution in [2.45, 2.75) is 39.7 Å². The third-order valence-corrected chi connectivity index (χ3v) is 3.52. The molecule has 0 bridgehead atoms. The largest absolute Gasteiger partial charge is 0.354 e. The van der Waals surface area contributed by atoms with Crippen LogP contribution in [-0.4, -0.2) is 22.4 Å². The van der Waals surface area contributed by atoms with E-state index in [4.69, 9.17) is 0 Å². The maximum atomic E-state index is 12.0. The Morgan fingerprint density at radius 3 is 2.43 bits per heavy atom. The molecule has 1 aromatic carbocycles. The summed E-state index contributed by atoms with van der Waals surface area (Å²) in [6, 6.07) is 11.9. The van der Waals surface area contributed by atoms with Crippen LogP contribution in [0.25, 0.3) is 0 Å². The highest BCUT2D eigenvalue weighted by Crippen LogP contribution is 2.11. The molecule has 0 aliphatic heterocycles. The predicted molar refractivity (Wildman–Crippen MR) is 92.2 cm³/mol. The summed E-state index contributed by atoms with van der Waals surface area (Å²) in [6.07, 6.45) is 1.22. The predicted octanol–water partition coefficient (Wildman–Crippen LogP) is 3.16. The standard InChI is InChI=1S/C18H24N4O/c1-13-12-14(2)21-18(20-13)19-11-7-10-17(23)22-15(3)16-8-5-4-6-9-16/h4-6,8-9,12,15H,7,10-11H2,1-3H3,(H,22,23)(H,19,20,21). The van der Waals surface area contributed by atoms with Crippen LogP contribution in [0.15, 0.2) is 36.4 Å². The molecule has 0 aliphatic rings. The van der Waals surface area contributed by atoms with E-state index in [1.807, 2.05) is 57.2 Å². The summed E-state index contributed by atoms with van der Waals surface area (Å²) in [5, 5.41) is 6.18.